The second-order valence-corrected chi connectivity index (χ2v) is 30.3. The summed E-state index contributed by atoms with van der Waals surface area (Å²) in [7, 11) is 0. The molecule has 0 spiro atoms. The fraction of sp³-hybridized carbons (Fsp3) is 0.391. The van der Waals surface area contributed by atoms with E-state index < -0.39 is 0 Å². The highest BCUT2D eigenvalue weighted by atomic mass is 16.5. The molecule has 578 valence electrons. The van der Waals surface area contributed by atoms with E-state index in [-0.39, 0.29) is 36.3 Å². The average molecular weight is 1490 g/mol. The lowest BCUT2D eigenvalue weighted by Gasteiger charge is -2.23. The van der Waals surface area contributed by atoms with Crippen molar-refractivity contribution in [1.82, 2.24) is 5.32 Å². The van der Waals surface area contributed by atoms with E-state index in [1.54, 1.807) is 0 Å². The summed E-state index contributed by atoms with van der Waals surface area (Å²) in [6, 6.07) is 75.4. The molecule has 8 aromatic carbocycles. The van der Waals surface area contributed by atoms with Crippen molar-refractivity contribution in [3.63, 3.8) is 0 Å². The highest BCUT2D eigenvalue weighted by Gasteiger charge is 2.32. The molecule has 19 nitrogen and oxygen atoms in total. The Hall–Kier alpha value is -10.9. The first kappa shape index (κ1) is 78.2. The van der Waals surface area contributed by atoms with Gasteiger partial charge in [0.1, 0.15) is 77.0 Å². The van der Waals surface area contributed by atoms with Crippen molar-refractivity contribution in [3.05, 3.63) is 274 Å². The number of fused-ring (bicyclic) bond motifs is 1. The van der Waals surface area contributed by atoms with E-state index in [1.807, 2.05) is 127 Å². The van der Waals surface area contributed by atoms with Crippen molar-refractivity contribution in [2.45, 2.75) is 123 Å². The predicted molar refractivity (Wildman–Crippen MR) is 447 cm³/mol. The van der Waals surface area contributed by atoms with Crippen LogP contribution in [0.5, 0.6) is 0 Å². The molecule has 9 aliphatic rings. The van der Waals surface area contributed by atoms with Gasteiger partial charge in [-0.3, -0.25) is 0 Å². The first-order valence-corrected chi connectivity index (χ1v) is 39.6. The van der Waals surface area contributed by atoms with Gasteiger partial charge < -0.3 is 53.4 Å². The number of anilines is 2. The SMILES string of the molecule is CC(C)[C@H]1COC(c2cccc3c2NCCC3)=N1.CC(C)[C@H]1COC(c2ccccc2C2=N[C@@H](C(C)C)CO2)=N1.Cc1ccccc1C1=N[C@@H](C(C)C)CO1.c1ccc([C@@H]2COC(CN(CC3=N[C@H](c4ccccc4)CO3)c3ccccc3)=N2)cc1.c1ccc([C@@H]2COC(CNCC3=N[C@H](c4ccccc4)CO3)=N2)cc1. The first-order valence-electron chi connectivity index (χ1n) is 39.6. The Bertz CT molecular complexity index is 4400. The summed E-state index contributed by atoms with van der Waals surface area (Å²) >= 11 is 0. The second-order valence-electron chi connectivity index (χ2n) is 30.3. The van der Waals surface area contributed by atoms with Crippen molar-refractivity contribution in [2.75, 3.05) is 95.8 Å². The van der Waals surface area contributed by atoms with Gasteiger partial charge in [0.2, 0.25) is 35.4 Å². The summed E-state index contributed by atoms with van der Waals surface area (Å²) in [4.78, 5) is 39.9. The number of benzene rings is 8. The van der Waals surface area contributed by atoms with Gasteiger partial charge in [-0.1, -0.05) is 237 Å². The van der Waals surface area contributed by atoms with Crippen molar-refractivity contribution in [1.29, 1.82) is 0 Å². The fourth-order valence-corrected chi connectivity index (χ4v) is 13.8. The molecule has 0 amide bonds. The smallest absolute Gasteiger partial charge is 0.218 e. The maximum absolute atomic E-state index is 5.95. The number of aliphatic imine (C=N–C) groups is 8. The summed E-state index contributed by atoms with van der Waals surface area (Å²) in [5.74, 6) is 8.09. The third-order valence-electron chi connectivity index (χ3n) is 20.7. The van der Waals surface area contributed by atoms with Crippen LogP contribution < -0.4 is 15.5 Å². The fourth-order valence-electron chi connectivity index (χ4n) is 13.8. The molecule has 0 saturated heterocycles. The van der Waals surface area contributed by atoms with Crippen molar-refractivity contribution >= 4 is 58.6 Å². The minimum absolute atomic E-state index is 0.0522. The van der Waals surface area contributed by atoms with Crippen LogP contribution in [-0.4, -0.2) is 157 Å². The van der Waals surface area contributed by atoms with E-state index in [0.717, 1.165) is 89.5 Å². The van der Waals surface area contributed by atoms with E-state index in [2.05, 4.69) is 184 Å². The Morgan fingerprint density at radius 3 is 1.05 bits per heavy atom. The third kappa shape index (κ3) is 21.2. The van der Waals surface area contributed by atoms with E-state index in [1.165, 1.54) is 45.5 Å². The Morgan fingerprint density at radius 1 is 0.342 bits per heavy atom. The Balaban J connectivity index is 0.000000124. The number of nitrogens with one attached hydrogen (secondary N) is 2. The quantitative estimate of drug-likeness (QED) is 0.0693. The molecule has 2 N–H and O–H groups in total. The molecule has 0 aliphatic carbocycles. The summed E-state index contributed by atoms with van der Waals surface area (Å²) in [5.41, 5.74) is 13.9. The predicted octanol–water partition coefficient (Wildman–Crippen LogP) is 16.7. The van der Waals surface area contributed by atoms with Gasteiger partial charge in [0, 0.05) is 28.9 Å². The molecule has 8 atom stereocenters. The van der Waals surface area contributed by atoms with Gasteiger partial charge >= 0.3 is 0 Å². The molecule has 0 saturated carbocycles. The van der Waals surface area contributed by atoms with Crippen LogP contribution in [-0.2, 0) is 44.3 Å². The minimum Gasteiger partial charge on any atom is -0.477 e. The molecular weight excluding hydrogens is 1390 g/mol. The lowest BCUT2D eigenvalue weighted by Crippen LogP contribution is -2.35. The highest BCUT2D eigenvalue weighted by Crippen LogP contribution is 2.33. The van der Waals surface area contributed by atoms with Crippen LogP contribution in [0.2, 0.25) is 0 Å². The number of ether oxygens (including phenoxy) is 8. The van der Waals surface area contributed by atoms with E-state index >= 15 is 0 Å². The molecule has 0 bridgehead atoms. The maximum atomic E-state index is 5.95. The number of para-hydroxylation sites is 2. The number of hydrogen-bond donors (Lipinski definition) is 2. The van der Waals surface area contributed by atoms with Crippen molar-refractivity contribution in [2.24, 2.45) is 63.6 Å². The second kappa shape index (κ2) is 38.6. The zero-order valence-electron chi connectivity index (χ0n) is 65.6. The van der Waals surface area contributed by atoms with Gasteiger partial charge in [-0.15, -0.1) is 0 Å². The number of aryl methyl sites for hydroxylation is 2. The van der Waals surface area contributed by atoms with Crippen LogP contribution in [0.3, 0.4) is 0 Å². The normalized spacial score (nSPS) is 21.7. The minimum atomic E-state index is 0.0522. The zero-order valence-corrected chi connectivity index (χ0v) is 65.6. The Kier molecular flexibility index (Phi) is 27.2. The summed E-state index contributed by atoms with van der Waals surface area (Å²) in [6.07, 6.45) is 2.36. The van der Waals surface area contributed by atoms with E-state index in [9.17, 15) is 0 Å². The van der Waals surface area contributed by atoms with Crippen molar-refractivity contribution in [3.8, 4) is 0 Å². The monoisotopic (exact) mass is 1490 g/mol. The molecule has 111 heavy (non-hydrogen) atoms. The van der Waals surface area contributed by atoms with Gasteiger partial charge in [-0.2, -0.15) is 0 Å². The van der Waals surface area contributed by atoms with E-state index in [4.69, 9.17) is 62.9 Å². The largest absolute Gasteiger partial charge is 0.477 e. The summed E-state index contributed by atoms with van der Waals surface area (Å²) in [5, 5.41) is 6.79. The molecular formula is C92H107N11O8. The summed E-state index contributed by atoms with van der Waals surface area (Å²) in [6.45, 7) is 28.0. The maximum Gasteiger partial charge on any atom is 0.218 e. The average Bonchev–Trinajstić information content (AvgIpc) is 1.52. The van der Waals surface area contributed by atoms with Crippen LogP contribution in [0.25, 0.3) is 0 Å². The van der Waals surface area contributed by atoms with Gasteiger partial charge in [-0.05, 0) is 113 Å². The van der Waals surface area contributed by atoms with E-state index in [0.29, 0.717) is 113 Å². The van der Waals surface area contributed by atoms with Gasteiger partial charge in [0.15, 0.2) is 11.8 Å². The van der Waals surface area contributed by atoms with Gasteiger partial charge in [0.25, 0.3) is 0 Å². The molecule has 0 unspecified atom stereocenters. The molecule has 19 heteroatoms. The molecule has 8 aromatic rings. The third-order valence-corrected chi connectivity index (χ3v) is 20.7. The van der Waals surface area contributed by atoms with Crippen LogP contribution in [0.1, 0.15) is 142 Å². The molecule has 0 aromatic heterocycles. The Morgan fingerprint density at radius 2 is 0.667 bits per heavy atom. The molecule has 17 rings (SSSR count). The van der Waals surface area contributed by atoms with Crippen LogP contribution in [0.15, 0.2) is 258 Å². The molecule has 9 heterocycles. The molecule has 0 fully saturated rings. The zero-order chi connectivity index (χ0) is 76.8. The Labute approximate surface area is 655 Å². The molecule has 9 aliphatic heterocycles. The lowest BCUT2D eigenvalue weighted by molar-refractivity contribution is 0.289. The highest BCUT2D eigenvalue weighted by molar-refractivity contribution is 6.08. The lowest BCUT2D eigenvalue weighted by atomic mass is 9.99. The topological polar surface area (TPSA) is 200 Å². The van der Waals surface area contributed by atoms with Crippen LogP contribution >= 0.6 is 0 Å². The van der Waals surface area contributed by atoms with Crippen LogP contribution in [0.4, 0.5) is 11.4 Å². The van der Waals surface area contributed by atoms with Crippen molar-refractivity contribution < 1.29 is 37.9 Å². The standard InChI is InChI=1S/C26H25N3O2.C20H21N3O2.C18H24N2O2.C15H20N2O.C13H17NO/c1-4-10-20(11-5-1)23-18-30-25(27-23)16-29(22-14-8-3-9-15-22)17-26-28-24(19-31-26)21-12-6-2-7-13-21;1-3-7-15(8-4-1)17-13-24-19(22-17)11-21-12-20-23-18(14-25-20)16-9-5-2-6-10-16;1-11(2)15-9-21-17(19-15)13-7-5-6-8-14(13)18-20-16(10-22-18)12(3)4;1-10(2)13-9-18-15(17-13)12-7-3-5-11-6-4-8-16-14(11)12;1-9(2)12-8-15-13(14-12)11-7-5-4-6-10(11)3/h1-15,23-24H,16-19H2;1-10,17-18,21H,11-14H2;5-8,11-12,15-16H,9-10H2,1-4H3;3,5,7,10,13,16H,4,6,8-9H2,1-2H3;4-7,9,12H,8H2,1-3H3/t23-,24-;17-,18-;15-,16-;13-;12-/m00111/s1. The number of hydrogen-bond acceptors (Lipinski definition) is 19. The summed E-state index contributed by atoms with van der Waals surface area (Å²) < 4.78 is 46.4. The number of nitrogens with zero attached hydrogens (tertiary/aromatic N) is 9. The first-order chi connectivity index (χ1) is 54.2. The number of rotatable bonds is 21. The molecule has 0 radical (unpaired) electrons. The van der Waals surface area contributed by atoms with Crippen LogP contribution in [0, 0.1) is 30.6 Å². The van der Waals surface area contributed by atoms with Gasteiger partial charge in [-0.25, -0.2) is 39.9 Å². The van der Waals surface area contributed by atoms with Gasteiger partial charge in [0.05, 0.1) is 61.6 Å².